The molecule has 0 aromatic heterocycles. The van der Waals surface area contributed by atoms with Gasteiger partial charge in [-0.25, -0.2) is 0 Å². The molecule has 0 spiro atoms. The summed E-state index contributed by atoms with van der Waals surface area (Å²) in [6.45, 7) is 3.81. The van der Waals surface area contributed by atoms with E-state index in [1.165, 1.54) is 11.8 Å². The van der Waals surface area contributed by atoms with Crippen LogP contribution in [-0.2, 0) is 9.59 Å². The van der Waals surface area contributed by atoms with Crippen molar-refractivity contribution >= 4 is 74.5 Å². The predicted octanol–water partition coefficient (Wildman–Crippen LogP) is 8.33. The van der Waals surface area contributed by atoms with E-state index < -0.39 is 11.8 Å². The summed E-state index contributed by atoms with van der Waals surface area (Å²) in [5.41, 5.74) is 3.28. The van der Waals surface area contributed by atoms with E-state index in [2.05, 4.69) is 31.9 Å². The number of anilines is 2. The average Bonchev–Trinajstić information content (AvgIpc) is 2.99. The first kappa shape index (κ1) is 31.1. The number of amides is 3. The molecule has 3 amide bonds. The van der Waals surface area contributed by atoms with Crippen LogP contribution in [-0.4, -0.2) is 23.0 Å². The molecule has 0 radical (unpaired) electrons. The van der Waals surface area contributed by atoms with Gasteiger partial charge in [-0.2, -0.15) is 0 Å². The Morgan fingerprint density at radius 2 is 1.62 bits per heavy atom. The number of halogens is 2. The van der Waals surface area contributed by atoms with Gasteiger partial charge in [0.25, 0.3) is 11.8 Å². The van der Waals surface area contributed by atoms with Crippen molar-refractivity contribution in [2.45, 2.75) is 30.4 Å². The van der Waals surface area contributed by atoms with Gasteiger partial charge < -0.3 is 16.0 Å². The molecule has 0 fully saturated rings. The number of benzene rings is 4. The van der Waals surface area contributed by atoms with Gasteiger partial charge in [0.1, 0.15) is 5.70 Å². The van der Waals surface area contributed by atoms with Gasteiger partial charge in [-0.3, -0.25) is 14.4 Å². The van der Waals surface area contributed by atoms with Crippen LogP contribution in [0.3, 0.4) is 0 Å². The van der Waals surface area contributed by atoms with Gasteiger partial charge in [0.2, 0.25) is 5.91 Å². The van der Waals surface area contributed by atoms with Crippen LogP contribution in [0.2, 0.25) is 5.02 Å². The molecule has 3 N–H and O–H groups in total. The summed E-state index contributed by atoms with van der Waals surface area (Å²) in [5.74, 6) is -1.01. The van der Waals surface area contributed by atoms with Gasteiger partial charge in [-0.15, -0.1) is 11.8 Å². The quantitative estimate of drug-likeness (QED) is 0.118. The number of hydrogen-bond acceptors (Lipinski definition) is 4. The lowest BCUT2D eigenvalue weighted by molar-refractivity contribution is -0.116. The molecule has 42 heavy (non-hydrogen) atoms. The van der Waals surface area contributed by atoms with Gasteiger partial charge in [0, 0.05) is 31.3 Å². The zero-order valence-corrected chi connectivity index (χ0v) is 26.1. The van der Waals surface area contributed by atoms with E-state index in [1.807, 2.05) is 62.4 Å². The molecule has 0 heterocycles. The maximum absolute atomic E-state index is 13.4. The number of carbonyl (C=O) groups is 3. The summed E-state index contributed by atoms with van der Waals surface area (Å²) in [5, 5.41) is 8.83. The van der Waals surface area contributed by atoms with Crippen LogP contribution in [0.4, 0.5) is 11.4 Å². The molecule has 9 heteroatoms. The van der Waals surface area contributed by atoms with Gasteiger partial charge in [0.15, 0.2) is 0 Å². The summed E-state index contributed by atoms with van der Waals surface area (Å²) in [4.78, 5) is 40.2. The Labute approximate surface area is 263 Å². The number of thioether (sulfide) groups is 1. The number of nitrogens with one attached hydrogen (secondary N) is 3. The third kappa shape index (κ3) is 8.58. The van der Waals surface area contributed by atoms with Crippen LogP contribution < -0.4 is 16.0 Å². The van der Waals surface area contributed by atoms with E-state index >= 15 is 0 Å². The normalized spacial score (nSPS) is 11.9. The Morgan fingerprint density at radius 1 is 0.905 bits per heavy atom. The molecular weight excluding hydrogens is 634 g/mol. The van der Waals surface area contributed by atoms with Crippen molar-refractivity contribution in [1.29, 1.82) is 0 Å². The standard InChI is InChI=1S/C33H29BrClN3O3S/c1-3-30(33(41)37-28-14-8-13-27(35)21(28)2)42-26-12-7-11-25(20-26)36-32(40)29(19-22-15-17-24(34)18-16-22)38-31(39)23-9-5-4-6-10-23/h4-20,30H,3H2,1-2H3,(H,36,40)(H,37,41)(H,38,39)/b29-19+. The van der Waals surface area contributed by atoms with Crippen LogP contribution in [0.25, 0.3) is 6.08 Å². The molecule has 0 aliphatic rings. The van der Waals surface area contributed by atoms with Crippen LogP contribution >= 0.6 is 39.3 Å². The minimum absolute atomic E-state index is 0.0898. The molecule has 4 aromatic rings. The van der Waals surface area contributed by atoms with Gasteiger partial charge in [-0.1, -0.05) is 76.9 Å². The van der Waals surface area contributed by atoms with Crippen molar-refractivity contribution in [3.8, 4) is 0 Å². The lowest BCUT2D eigenvalue weighted by Crippen LogP contribution is -2.30. The maximum atomic E-state index is 13.4. The molecule has 1 unspecified atom stereocenters. The van der Waals surface area contributed by atoms with E-state index in [9.17, 15) is 14.4 Å². The largest absolute Gasteiger partial charge is 0.325 e. The molecule has 0 aliphatic heterocycles. The maximum Gasteiger partial charge on any atom is 0.272 e. The molecule has 6 nitrogen and oxygen atoms in total. The molecule has 0 saturated carbocycles. The lowest BCUT2D eigenvalue weighted by Gasteiger charge is -2.17. The Kier molecular flexibility index (Phi) is 11.0. The first-order valence-electron chi connectivity index (χ1n) is 13.2. The Bertz CT molecular complexity index is 1610. The van der Waals surface area contributed by atoms with E-state index in [-0.39, 0.29) is 16.9 Å². The molecule has 1 atom stereocenters. The molecule has 0 saturated heterocycles. The minimum Gasteiger partial charge on any atom is -0.325 e. The van der Waals surface area contributed by atoms with E-state index in [0.717, 1.165) is 20.5 Å². The highest BCUT2D eigenvalue weighted by molar-refractivity contribution is 9.10. The van der Waals surface area contributed by atoms with Crippen molar-refractivity contribution in [2.24, 2.45) is 0 Å². The topological polar surface area (TPSA) is 87.3 Å². The predicted molar refractivity (Wildman–Crippen MR) is 176 cm³/mol. The molecule has 0 aliphatic carbocycles. The summed E-state index contributed by atoms with van der Waals surface area (Å²) in [6, 6.07) is 28.7. The molecular formula is C33H29BrClN3O3S. The fourth-order valence-electron chi connectivity index (χ4n) is 3.96. The van der Waals surface area contributed by atoms with Gasteiger partial charge >= 0.3 is 0 Å². The summed E-state index contributed by atoms with van der Waals surface area (Å²) in [6.07, 6.45) is 2.22. The Hall–Kier alpha value is -3.85. The van der Waals surface area contributed by atoms with E-state index in [1.54, 1.807) is 54.6 Å². The third-order valence-corrected chi connectivity index (χ3v) is 8.56. The minimum atomic E-state index is -0.481. The average molecular weight is 663 g/mol. The fourth-order valence-corrected chi connectivity index (χ4v) is 5.41. The third-order valence-electron chi connectivity index (χ3n) is 6.27. The van der Waals surface area contributed by atoms with Gasteiger partial charge in [-0.05, 0) is 85.1 Å². The van der Waals surface area contributed by atoms with Crippen molar-refractivity contribution < 1.29 is 14.4 Å². The monoisotopic (exact) mass is 661 g/mol. The molecule has 4 aromatic carbocycles. The molecule has 214 valence electrons. The Morgan fingerprint density at radius 3 is 2.33 bits per heavy atom. The van der Waals surface area contributed by atoms with Crippen molar-refractivity contribution in [2.75, 3.05) is 10.6 Å². The molecule has 4 rings (SSSR count). The summed E-state index contributed by atoms with van der Waals surface area (Å²) < 4.78 is 0.898. The number of carbonyl (C=O) groups excluding carboxylic acids is 3. The molecule has 0 bridgehead atoms. The second-order valence-corrected chi connectivity index (χ2v) is 11.9. The van der Waals surface area contributed by atoms with Crippen LogP contribution in [0, 0.1) is 6.92 Å². The highest BCUT2D eigenvalue weighted by Gasteiger charge is 2.20. The lowest BCUT2D eigenvalue weighted by atomic mass is 10.1. The van der Waals surface area contributed by atoms with Crippen molar-refractivity contribution in [3.05, 3.63) is 129 Å². The fraction of sp³-hybridized carbons (Fsp3) is 0.121. The summed E-state index contributed by atoms with van der Waals surface area (Å²) >= 11 is 11.0. The Balaban J connectivity index is 1.50. The van der Waals surface area contributed by atoms with Crippen LogP contribution in [0.1, 0.15) is 34.8 Å². The van der Waals surface area contributed by atoms with Crippen molar-refractivity contribution in [3.63, 3.8) is 0 Å². The SMILES string of the molecule is CCC(Sc1cccc(NC(=O)/C(=C\c2ccc(Br)cc2)NC(=O)c2ccccc2)c1)C(=O)Nc1cccc(Cl)c1C. The van der Waals surface area contributed by atoms with Crippen LogP contribution in [0.15, 0.2) is 112 Å². The zero-order chi connectivity index (χ0) is 30.1. The zero-order valence-electron chi connectivity index (χ0n) is 23.0. The van der Waals surface area contributed by atoms with E-state index in [4.69, 9.17) is 11.6 Å². The first-order valence-corrected chi connectivity index (χ1v) is 15.3. The smallest absolute Gasteiger partial charge is 0.272 e. The highest BCUT2D eigenvalue weighted by Crippen LogP contribution is 2.30. The van der Waals surface area contributed by atoms with E-state index in [0.29, 0.717) is 28.4 Å². The number of hydrogen-bond donors (Lipinski definition) is 3. The van der Waals surface area contributed by atoms with Crippen LogP contribution in [0.5, 0.6) is 0 Å². The second kappa shape index (κ2) is 14.9. The second-order valence-electron chi connectivity index (χ2n) is 9.33. The first-order chi connectivity index (χ1) is 20.2. The highest BCUT2D eigenvalue weighted by atomic mass is 79.9. The van der Waals surface area contributed by atoms with Crippen molar-refractivity contribution in [1.82, 2.24) is 5.32 Å². The summed E-state index contributed by atoms with van der Waals surface area (Å²) in [7, 11) is 0. The number of rotatable bonds is 10. The van der Waals surface area contributed by atoms with Gasteiger partial charge in [0.05, 0.1) is 5.25 Å².